The summed E-state index contributed by atoms with van der Waals surface area (Å²) in [6.45, 7) is 5.22. The van der Waals surface area contributed by atoms with Gasteiger partial charge in [-0.2, -0.15) is 0 Å². The molecule has 0 aliphatic carbocycles. The van der Waals surface area contributed by atoms with Crippen LogP contribution in [0.15, 0.2) is 78.9 Å². The van der Waals surface area contributed by atoms with Crippen LogP contribution >= 0.6 is 11.6 Å². The Kier molecular flexibility index (Phi) is 11.0. The molecule has 3 rings (SSSR count). The molecule has 40 heavy (non-hydrogen) atoms. The molecule has 0 saturated carbocycles. The molecule has 1 N–H and O–H groups in total. The smallest absolute Gasteiger partial charge is 0.244 e. The van der Waals surface area contributed by atoms with Crippen molar-refractivity contribution in [2.24, 2.45) is 0 Å². The Morgan fingerprint density at radius 1 is 0.900 bits per heavy atom. The summed E-state index contributed by atoms with van der Waals surface area (Å²) in [6.07, 6.45) is 2.11. The van der Waals surface area contributed by atoms with Crippen LogP contribution in [0.25, 0.3) is 0 Å². The van der Waals surface area contributed by atoms with Gasteiger partial charge < -0.3 is 15.0 Å². The highest BCUT2D eigenvalue weighted by Crippen LogP contribution is 2.26. The number of nitrogens with one attached hydrogen (secondary N) is 1. The number of carbonyl (C=O) groups excluding carboxylic acids is 2. The maximum atomic E-state index is 13.8. The number of hydrogen-bond acceptors (Lipinski definition) is 5. The molecule has 3 aromatic rings. The van der Waals surface area contributed by atoms with Gasteiger partial charge in [-0.25, -0.2) is 8.42 Å². The van der Waals surface area contributed by atoms with E-state index in [1.165, 1.54) is 4.90 Å². The van der Waals surface area contributed by atoms with Crippen molar-refractivity contribution in [3.63, 3.8) is 0 Å². The molecule has 0 spiro atoms. The standard InChI is InChI=1S/C30H36ClN3O5S/c1-5-22(3)32-30(36)28(6-2)33(20-23-12-10-11-15-27(23)31)29(35)21-34(40(4,37)38)24-16-18-26(19-17-24)39-25-13-8-7-9-14-25/h7-19,22,28H,5-6,20-21H2,1-4H3,(H,32,36)/t22-,28-/m1/s1. The van der Waals surface area contributed by atoms with Crippen molar-refractivity contribution in [1.82, 2.24) is 10.2 Å². The molecule has 0 aliphatic rings. The average Bonchev–Trinajstić information content (AvgIpc) is 2.93. The van der Waals surface area contributed by atoms with E-state index in [0.717, 1.165) is 17.0 Å². The number of benzene rings is 3. The summed E-state index contributed by atoms with van der Waals surface area (Å²) in [7, 11) is -3.86. The lowest BCUT2D eigenvalue weighted by atomic mass is 10.1. The predicted octanol–water partition coefficient (Wildman–Crippen LogP) is 5.62. The summed E-state index contributed by atoms with van der Waals surface area (Å²) in [5.74, 6) is 0.330. The number of halogens is 1. The fourth-order valence-corrected chi connectivity index (χ4v) is 5.13. The van der Waals surface area contributed by atoms with Crippen LogP contribution in [-0.4, -0.2) is 50.0 Å². The minimum absolute atomic E-state index is 0.0480. The molecule has 0 fully saturated rings. The minimum Gasteiger partial charge on any atom is -0.457 e. The molecule has 2 amide bonds. The molecule has 0 radical (unpaired) electrons. The molecule has 2 atom stereocenters. The molecule has 8 nitrogen and oxygen atoms in total. The molecule has 10 heteroatoms. The first-order chi connectivity index (χ1) is 19.0. The lowest BCUT2D eigenvalue weighted by Gasteiger charge is -2.33. The summed E-state index contributed by atoms with van der Waals surface area (Å²) in [4.78, 5) is 28.5. The Bertz CT molecular complexity index is 1380. The van der Waals surface area contributed by atoms with Crippen LogP contribution in [-0.2, 0) is 26.2 Å². The Morgan fingerprint density at radius 3 is 2.08 bits per heavy atom. The third kappa shape index (κ3) is 8.47. The largest absolute Gasteiger partial charge is 0.457 e. The van der Waals surface area contributed by atoms with Gasteiger partial charge in [0.15, 0.2) is 0 Å². The Morgan fingerprint density at radius 2 is 1.50 bits per heavy atom. The number of amides is 2. The van der Waals surface area contributed by atoms with Gasteiger partial charge in [0.2, 0.25) is 21.8 Å². The molecule has 0 unspecified atom stereocenters. The molecular weight excluding hydrogens is 550 g/mol. The third-order valence-corrected chi connectivity index (χ3v) is 7.98. The van der Waals surface area contributed by atoms with Crippen LogP contribution in [0.4, 0.5) is 5.69 Å². The van der Waals surface area contributed by atoms with Crippen molar-refractivity contribution >= 4 is 39.1 Å². The number of nitrogens with zero attached hydrogens (tertiary/aromatic N) is 2. The highest BCUT2D eigenvalue weighted by molar-refractivity contribution is 7.92. The van der Waals surface area contributed by atoms with Crippen molar-refractivity contribution in [1.29, 1.82) is 0 Å². The zero-order chi connectivity index (χ0) is 29.3. The normalized spacial score (nSPS) is 12.7. The van der Waals surface area contributed by atoms with Gasteiger partial charge in [-0.15, -0.1) is 0 Å². The first kappa shape index (κ1) is 31.0. The molecule has 3 aromatic carbocycles. The fraction of sp³-hybridized carbons (Fsp3) is 0.333. The second-order valence-electron chi connectivity index (χ2n) is 9.53. The van der Waals surface area contributed by atoms with E-state index in [-0.39, 0.29) is 18.5 Å². The van der Waals surface area contributed by atoms with Gasteiger partial charge in [-0.05, 0) is 67.8 Å². The van der Waals surface area contributed by atoms with Crippen molar-refractivity contribution in [2.45, 2.75) is 52.2 Å². The molecule has 0 saturated heterocycles. The first-order valence-electron chi connectivity index (χ1n) is 13.2. The van der Waals surface area contributed by atoms with Crippen molar-refractivity contribution < 1.29 is 22.7 Å². The summed E-state index contributed by atoms with van der Waals surface area (Å²) >= 11 is 6.40. The maximum Gasteiger partial charge on any atom is 0.244 e. The lowest BCUT2D eigenvalue weighted by molar-refractivity contribution is -0.140. The number of carbonyl (C=O) groups is 2. The quantitative estimate of drug-likeness (QED) is 0.281. The van der Waals surface area contributed by atoms with E-state index < -0.39 is 28.5 Å². The minimum atomic E-state index is -3.86. The lowest BCUT2D eigenvalue weighted by Crippen LogP contribution is -2.53. The second kappa shape index (κ2) is 14.2. The third-order valence-electron chi connectivity index (χ3n) is 6.47. The topological polar surface area (TPSA) is 96.0 Å². The molecule has 0 heterocycles. The van der Waals surface area contributed by atoms with Gasteiger partial charge in [0.25, 0.3) is 0 Å². The number of para-hydroxylation sites is 1. The Hall–Kier alpha value is -3.56. The van der Waals surface area contributed by atoms with E-state index in [1.807, 2.05) is 51.1 Å². The van der Waals surface area contributed by atoms with Gasteiger partial charge in [-0.3, -0.25) is 13.9 Å². The van der Waals surface area contributed by atoms with Gasteiger partial charge in [-0.1, -0.05) is 61.8 Å². The van der Waals surface area contributed by atoms with Crippen molar-refractivity contribution in [3.05, 3.63) is 89.4 Å². The van der Waals surface area contributed by atoms with E-state index in [1.54, 1.807) is 48.5 Å². The highest BCUT2D eigenvalue weighted by Gasteiger charge is 2.32. The monoisotopic (exact) mass is 585 g/mol. The van der Waals surface area contributed by atoms with E-state index in [0.29, 0.717) is 34.2 Å². The molecule has 0 bridgehead atoms. The van der Waals surface area contributed by atoms with Crippen LogP contribution in [0.2, 0.25) is 5.02 Å². The van der Waals surface area contributed by atoms with Crippen LogP contribution in [0.1, 0.15) is 39.2 Å². The van der Waals surface area contributed by atoms with Gasteiger partial charge in [0, 0.05) is 17.6 Å². The second-order valence-corrected chi connectivity index (χ2v) is 11.8. The zero-order valence-corrected chi connectivity index (χ0v) is 24.8. The molecule has 0 aromatic heterocycles. The van der Waals surface area contributed by atoms with Crippen LogP contribution in [0.3, 0.4) is 0 Å². The van der Waals surface area contributed by atoms with E-state index in [2.05, 4.69) is 5.32 Å². The van der Waals surface area contributed by atoms with Crippen LogP contribution < -0.4 is 14.4 Å². The van der Waals surface area contributed by atoms with E-state index in [9.17, 15) is 18.0 Å². The van der Waals surface area contributed by atoms with Gasteiger partial charge in [0.1, 0.15) is 24.1 Å². The van der Waals surface area contributed by atoms with Gasteiger partial charge >= 0.3 is 0 Å². The van der Waals surface area contributed by atoms with Crippen molar-refractivity contribution in [2.75, 3.05) is 17.1 Å². The number of anilines is 1. The zero-order valence-electron chi connectivity index (χ0n) is 23.2. The highest BCUT2D eigenvalue weighted by atomic mass is 35.5. The summed E-state index contributed by atoms with van der Waals surface area (Å²) < 4.78 is 32.6. The van der Waals surface area contributed by atoms with E-state index >= 15 is 0 Å². The number of sulfonamides is 1. The summed E-state index contributed by atoms with van der Waals surface area (Å²) in [5.41, 5.74) is 0.951. The van der Waals surface area contributed by atoms with Crippen LogP contribution in [0, 0.1) is 0 Å². The Labute approximate surface area is 241 Å². The first-order valence-corrected chi connectivity index (χ1v) is 15.4. The SMILES string of the molecule is CC[C@@H](C)NC(=O)[C@@H](CC)N(Cc1ccccc1Cl)C(=O)CN(c1ccc(Oc2ccccc2)cc1)S(C)(=O)=O. The fourth-order valence-electron chi connectivity index (χ4n) is 4.09. The predicted molar refractivity (Wildman–Crippen MR) is 159 cm³/mol. The number of hydrogen-bond donors (Lipinski definition) is 1. The number of rotatable bonds is 13. The van der Waals surface area contributed by atoms with Gasteiger partial charge in [0.05, 0.1) is 11.9 Å². The molecular formula is C30H36ClN3O5S. The Balaban J connectivity index is 1.90. The van der Waals surface area contributed by atoms with E-state index in [4.69, 9.17) is 16.3 Å². The van der Waals surface area contributed by atoms with Crippen molar-refractivity contribution in [3.8, 4) is 11.5 Å². The number of ether oxygens (including phenoxy) is 1. The van der Waals surface area contributed by atoms with Crippen LogP contribution in [0.5, 0.6) is 11.5 Å². The average molecular weight is 586 g/mol. The summed E-state index contributed by atoms with van der Waals surface area (Å²) in [6, 6.07) is 21.8. The molecule has 0 aliphatic heterocycles. The maximum absolute atomic E-state index is 13.8. The summed E-state index contributed by atoms with van der Waals surface area (Å²) in [5, 5.41) is 3.40. The molecule has 214 valence electrons.